The van der Waals surface area contributed by atoms with Crippen LogP contribution < -0.4 is 0 Å². The molecule has 50 heavy (non-hydrogen) atoms. The fraction of sp³-hybridized carbons (Fsp3) is 0. The van der Waals surface area contributed by atoms with E-state index in [-0.39, 0.29) is 0 Å². The monoisotopic (exact) mass is 638 g/mol. The molecule has 3 aromatic heterocycles. The topological polar surface area (TPSA) is 51.6 Å². The van der Waals surface area contributed by atoms with E-state index in [0.717, 1.165) is 44.5 Å². The summed E-state index contributed by atoms with van der Waals surface area (Å²) in [6.07, 6.45) is 9.26. The SMILES string of the molecule is c1ccc(-c2c3ccccc3c(-c3ccccc3)c3cc(-c4ncc(-c5cccnc5)c(-c5ccc(-c6cccnc6)cc5)n4)ccc23)cc1. The summed E-state index contributed by atoms with van der Waals surface area (Å²) in [4.78, 5) is 19.0. The van der Waals surface area contributed by atoms with Crippen LogP contribution >= 0.6 is 0 Å². The largest absolute Gasteiger partial charge is 0.264 e. The minimum absolute atomic E-state index is 0.666. The highest BCUT2D eigenvalue weighted by Crippen LogP contribution is 2.44. The van der Waals surface area contributed by atoms with Crippen LogP contribution in [0, 0.1) is 0 Å². The van der Waals surface area contributed by atoms with Crippen LogP contribution in [0.25, 0.3) is 88.7 Å². The molecule has 0 unspecified atom stereocenters. The van der Waals surface area contributed by atoms with Crippen molar-refractivity contribution in [3.63, 3.8) is 0 Å². The molecule has 0 bridgehead atoms. The molecular formula is C46H30N4. The van der Waals surface area contributed by atoms with E-state index >= 15 is 0 Å². The molecule has 0 saturated carbocycles. The highest BCUT2D eigenvalue weighted by Gasteiger charge is 2.19. The molecule has 234 valence electrons. The maximum atomic E-state index is 5.29. The standard InChI is InChI=1S/C46H30N4/c1-3-11-32(12-4-1)43-38-17-7-8-18-39(38)44(33-13-5-2-6-14-33)41-27-35(23-24-40(41)43)46-49-30-42(37-16-10-26-48-29-37)45(50-46)34-21-19-31(20-22-34)36-15-9-25-47-28-36/h1-30H. The van der Waals surface area contributed by atoms with E-state index in [9.17, 15) is 0 Å². The lowest BCUT2D eigenvalue weighted by molar-refractivity contribution is 1.18. The second kappa shape index (κ2) is 12.7. The van der Waals surface area contributed by atoms with Gasteiger partial charge in [0.2, 0.25) is 0 Å². The van der Waals surface area contributed by atoms with Crippen molar-refractivity contribution in [2.45, 2.75) is 0 Å². The number of nitrogens with zero attached hydrogens (tertiary/aromatic N) is 4. The van der Waals surface area contributed by atoms with Crippen LogP contribution in [0.3, 0.4) is 0 Å². The molecule has 0 radical (unpaired) electrons. The van der Waals surface area contributed by atoms with E-state index in [1.165, 1.54) is 38.4 Å². The van der Waals surface area contributed by atoms with Crippen molar-refractivity contribution in [2.24, 2.45) is 0 Å². The Balaban J connectivity index is 1.27. The molecule has 0 aliphatic rings. The summed E-state index contributed by atoms with van der Waals surface area (Å²) in [7, 11) is 0. The number of hydrogen-bond donors (Lipinski definition) is 0. The highest BCUT2D eigenvalue weighted by atomic mass is 14.9. The van der Waals surface area contributed by atoms with Crippen LogP contribution in [0.2, 0.25) is 0 Å². The fourth-order valence-corrected chi connectivity index (χ4v) is 6.98. The molecule has 0 amide bonds. The first kappa shape index (κ1) is 29.4. The maximum absolute atomic E-state index is 5.29. The first-order valence-electron chi connectivity index (χ1n) is 16.7. The van der Waals surface area contributed by atoms with Crippen molar-refractivity contribution in [1.29, 1.82) is 0 Å². The third-order valence-corrected chi connectivity index (χ3v) is 9.32. The van der Waals surface area contributed by atoms with Crippen molar-refractivity contribution in [3.8, 4) is 67.2 Å². The zero-order valence-electron chi connectivity index (χ0n) is 27.1. The van der Waals surface area contributed by atoms with Crippen molar-refractivity contribution in [2.75, 3.05) is 0 Å². The summed E-state index contributed by atoms with van der Waals surface area (Å²) in [5.41, 5.74) is 11.7. The van der Waals surface area contributed by atoms with Crippen molar-refractivity contribution in [3.05, 3.63) is 183 Å². The Morgan fingerprint density at radius 3 is 1.48 bits per heavy atom. The Labute approximate surface area is 290 Å². The third-order valence-electron chi connectivity index (χ3n) is 9.32. The molecule has 9 rings (SSSR count). The summed E-state index contributed by atoms with van der Waals surface area (Å²) in [6, 6.07) is 53.3. The van der Waals surface area contributed by atoms with Crippen molar-refractivity contribution in [1.82, 2.24) is 19.9 Å². The molecule has 0 saturated heterocycles. The molecule has 4 nitrogen and oxygen atoms in total. The van der Waals surface area contributed by atoms with Gasteiger partial charge in [-0.2, -0.15) is 0 Å². The van der Waals surface area contributed by atoms with Gasteiger partial charge in [0.15, 0.2) is 5.82 Å². The van der Waals surface area contributed by atoms with E-state index in [4.69, 9.17) is 9.97 Å². The quantitative estimate of drug-likeness (QED) is 0.170. The van der Waals surface area contributed by atoms with E-state index in [2.05, 4.69) is 149 Å². The maximum Gasteiger partial charge on any atom is 0.159 e. The van der Waals surface area contributed by atoms with E-state index in [1.54, 1.807) is 12.4 Å². The molecule has 0 fully saturated rings. The van der Waals surface area contributed by atoms with Crippen LogP contribution in [-0.2, 0) is 0 Å². The van der Waals surface area contributed by atoms with Gasteiger partial charge in [-0.25, -0.2) is 9.97 Å². The number of fused-ring (bicyclic) bond motifs is 2. The van der Waals surface area contributed by atoms with Gasteiger partial charge in [0.05, 0.1) is 5.69 Å². The van der Waals surface area contributed by atoms with Crippen LogP contribution in [0.15, 0.2) is 183 Å². The zero-order chi connectivity index (χ0) is 33.3. The van der Waals surface area contributed by atoms with Crippen LogP contribution in [0.4, 0.5) is 0 Å². The lowest BCUT2D eigenvalue weighted by Crippen LogP contribution is -1.97. The molecule has 4 heteroatoms. The van der Waals surface area contributed by atoms with Crippen LogP contribution in [0.5, 0.6) is 0 Å². The number of pyridine rings is 2. The smallest absolute Gasteiger partial charge is 0.159 e. The van der Waals surface area contributed by atoms with Gasteiger partial charge in [0.25, 0.3) is 0 Å². The van der Waals surface area contributed by atoms with Gasteiger partial charge in [0, 0.05) is 53.2 Å². The molecule has 0 aliphatic heterocycles. The second-order valence-electron chi connectivity index (χ2n) is 12.3. The zero-order valence-corrected chi connectivity index (χ0v) is 27.1. The van der Waals surface area contributed by atoms with Crippen LogP contribution in [0.1, 0.15) is 0 Å². The van der Waals surface area contributed by atoms with E-state index < -0.39 is 0 Å². The summed E-state index contributed by atoms with van der Waals surface area (Å²) >= 11 is 0. The average molecular weight is 639 g/mol. The molecule has 3 heterocycles. The highest BCUT2D eigenvalue weighted by molar-refractivity contribution is 6.21. The van der Waals surface area contributed by atoms with Gasteiger partial charge in [-0.15, -0.1) is 0 Å². The first-order valence-corrected chi connectivity index (χ1v) is 16.7. The minimum Gasteiger partial charge on any atom is -0.264 e. The van der Waals surface area contributed by atoms with Gasteiger partial charge in [-0.3, -0.25) is 9.97 Å². The van der Waals surface area contributed by atoms with Gasteiger partial charge in [0.1, 0.15) is 0 Å². The van der Waals surface area contributed by atoms with Gasteiger partial charge >= 0.3 is 0 Å². The minimum atomic E-state index is 0.666. The summed E-state index contributed by atoms with van der Waals surface area (Å²) in [5, 5.41) is 4.79. The molecule has 0 aliphatic carbocycles. The molecule has 0 N–H and O–H groups in total. The number of rotatable bonds is 6. The third kappa shape index (κ3) is 5.29. The summed E-state index contributed by atoms with van der Waals surface area (Å²) < 4.78 is 0. The van der Waals surface area contributed by atoms with Gasteiger partial charge < -0.3 is 0 Å². The molecule has 9 aromatic rings. The van der Waals surface area contributed by atoms with Crippen LogP contribution in [-0.4, -0.2) is 19.9 Å². The predicted octanol–water partition coefficient (Wildman–Crippen LogP) is 11.6. The normalized spacial score (nSPS) is 11.2. The second-order valence-corrected chi connectivity index (χ2v) is 12.3. The Morgan fingerprint density at radius 2 is 0.860 bits per heavy atom. The average Bonchev–Trinajstić information content (AvgIpc) is 3.21. The Bertz CT molecular complexity index is 2600. The summed E-state index contributed by atoms with van der Waals surface area (Å²) in [6.45, 7) is 0. The number of aromatic nitrogens is 4. The Hall–Kier alpha value is -6.78. The number of benzene rings is 6. The fourth-order valence-electron chi connectivity index (χ4n) is 6.98. The van der Waals surface area contributed by atoms with E-state index in [0.29, 0.717) is 5.82 Å². The predicted molar refractivity (Wildman–Crippen MR) is 205 cm³/mol. The lowest BCUT2D eigenvalue weighted by Gasteiger charge is -2.18. The first-order chi connectivity index (χ1) is 24.8. The Morgan fingerprint density at radius 1 is 0.340 bits per heavy atom. The van der Waals surface area contributed by atoms with Gasteiger partial charge in [-0.1, -0.05) is 133 Å². The number of hydrogen-bond acceptors (Lipinski definition) is 4. The Kier molecular flexibility index (Phi) is 7.45. The van der Waals surface area contributed by atoms with Crippen molar-refractivity contribution < 1.29 is 0 Å². The summed E-state index contributed by atoms with van der Waals surface area (Å²) in [5.74, 6) is 0.666. The molecule has 6 aromatic carbocycles. The molecular weight excluding hydrogens is 609 g/mol. The van der Waals surface area contributed by atoms with E-state index in [1.807, 2.05) is 30.7 Å². The molecule has 0 spiro atoms. The molecule has 0 atom stereocenters. The lowest BCUT2D eigenvalue weighted by atomic mass is 9.85. The van der Waals surface area contributed by atoms with Crippen molar-refractivity contribution >= 4 is 21.5 Å². The van der Waals surface area contributed by atoms with Gasteiger partial charge in [-0.05, 0) is 73.1 Å².